The zero-order chi connectivity index (χ0) is 22.9. The van der Waals surface area contributed by atoms with Crippen molar-refractivity contribution in [2.45, 2.75) is 25.7 Å². The number of alkyl halides is 3. The lowest BCUT2D eigenvalue weighted by Gasteiger charge is -2.17. The number of hydrogen-bond acceptors (Lipinski definition) is 2. The Balaban J connectivity index is 2.21. The van der Waals surface area contributed by atoms with Gasteiger partial charge in [-0.05, 0) is 24.3 Å². The molecule has 0 spiro atoms. The minimum atomic E-state index is -4.84. The number of aryl methyl sites for hydroxylation is 1. The van der Waals surface area contributed by atoms with Gasteiger partial charge >= 0.3 is 6.18 Å². The van der Waals surface area contributed by atoms with Crippen LogP contribution < -0.4 is 15.5 Å². The summed E-state index contributed by atoms with van der Waals surface area (Å²) in [6, 6.07) is 9.56. The van der Waals surface area contributed by atoms with Crippen LogP contribution in [0, 0.1) is 11.6 Å². The topological polar surface area (TPSA) is 31.2 Å². The molecule has 0 aliphatic carbocycles. The summed E-state index contributed by atoms with van der Waals surface area (Å²) in [5.74, 6) is -1.89. The fourth-order valence-electron chi connectivity index (χ4n) is 3.14. The molecule has 0 unspecified atom stereocenters. The molecule has 1 heterocycles. The van der Waals surface area contributed by atoms with Gasteiger partial charge in [-0.3, -0.25) is 4.79 Å². The average Bonchev–Trinajstić information content (AvgIpc) is 2.70. The van der Waals surface area contributed by atoms with Crippen molar-refractivity contribution in [2.75, 3.05) is 0 Å². The second kappa shape index (κ2) is 8.66. The van der Waals surface area contributed by atoms with Crippen molar-refractivity contribution in [3.8, 4) is 22.6 Å². The van der Waals surface area contributed by atoms with Crippen molar-refractivity contribution in [1.29, 1.82) is 0 Å². The molecule has 31 heavy (non-hydrogen) atoms. The molecule has 1 atom stereocenters. The van der Waals surface area contributed by atoms with Crippen LogP contribution in [0.3, 0.4) is 0 Å². The SMILES string of the molecule is CC[Si@@H](C)c1ccc(Oc2ccc(F)cc2F)c(-c2cc(C(F)(F)F)c(=O)n(C)c2)c1. The number of pyridine rings is 1. The van der Waals surface area contributed by atoms with Crippen LogP contribution in [0.15, 0.2) is 53.5 Å². The number of benzene rings is 2. The quantitative estimate of drug-likeness (QED) is 0.392. The molecule has 0 saturated heterocycles. The first-order valence-corrected chi connectivity index (χ1v) is 12.1. The van der Waals surface area contributed by atoms with Crippen LogP contribution in [0.25, 0.3) is 11.1 Å². The Morgan fingerprint density at radius 2 is 1.71 bits per heavy atom. The van der Waals surface area contributed by atoms with E-state index < -0.39 is 37.7 Å². The maximum atomic E-state index is 14.1. The Morgan fingerprint density at radius 1 is 1.03 bits per heavy atom. The monoisotopic (exact) mass is 453 g/mol. The number of nitrogens with zero attached hydrogens (tertiary/aromatic N) is 1. The Hall–Kier alpha value is -2.94. The lowest BCUT2D eigenvalue weighted by Crippen LogP contribution is -2.27. The molecule has 0 fully saturated rings. The second-order valence-electron chi connectivity index (χ2n) is 7.30. The summed E-state index contributed by atoms with van der Waals surface area (Å²) in [7, 11) is -0.121. The van der Waals surface area contributed by atoms with Gasteiger partial charge in [0.2, 0.25) is 0 Å². The smallest absolute Gasteiger partial charge is 0.421 e. The molecule has 0 N–H and O–H groups in total. The van der Waals surface area contributed by atoms with Crippen molar-refractivity contribution >= 4 is 14.0 Å². The summed E-state index contributed by atoms with van der Waals surface area (Å²) >= 11 is 0. The molecular formula is C22H20F5NO2Si. The van der Waals surface area contributed by atoms with Gasteiger partial charge in [0, 0.05) is 30.4 Å². The van der Waals surface area contributed by atoms with Crippen LogP contribution in [0.1, 0.15) is 12.5 Å². The Labute approximate surface area is 177 Å². The standard InChI is InChI=1S/C22H20F5NO2Si/c1-4-31(3)15-6-8-19(30-20-7-5-14(23)10-18(20)24)16(11-15)13-9-17(22(25,26)27)21(29)28(2)12-13/h5-12,31H,4H2,1-3H3/t31-/m1/s1. The van der Waals surface area contributed by atoms with Crippen LogP contribution >= 0.6 is 0 Å². The second-order valence-corrected chi connectivity index (χ2v) is 10.6. The third kappa shape index (κ3) is 4.87. The van der Waals surface area contributed by atoms with E-state index in [1.54, 1.807) is 18.2 Å². The predicted molar refractivity (Wildman–Crippen MR) is 112 cm³/mol. The van der Waals surface area contributed by atoms with Crippen LogP contribution in [0.2, 0.25) is 12.6 Å². The van der Waals surface area contributed by atoms with E-state index >= 15 is 0 Å². The normalized spacial score (nSPS) is 12.6. The van der Waals surface area contributed by atoms with E-state index in [4.69, 9.17) is 4.74 Å². The first-order chi connectivity index (χ1) is 14.5. The molecule has 3 aromatic rings. The van der Waals surface area contributed by atoms with Crippen LogP contribution in [0.4, 0.5) is 22.0 Å². The number of aromatic nitrogens is 1. The van der Waals surface area contributed by atoms with Crippen LogP contribution in [-0.2, 0) is 13.2 Å². The molecule has 0 radical (unpaired) electrons. The van der Waals surface area contributed by atoms with Crippen molar-refractivity contribution in [1.82, 2.24) is 4.57 Å². The van der Waals surface area contributed by atoms with Crippen LogP contribution in [0.5, 0.6) is 11.5 Å². The maximum absolute atomic E-state index is 14.1. The van der Waals surface area contributed by atoms with Crippen LogP contribution in [-0.4, -0.2) is 13.4 Å². The first-order valence-electron chi connectivity index (χ1n) is 9.56. The number of rotatable bonds is 5. The largest absolute Gasteiger partial charge is 0.454 e. The summed E-state index contributed by atoms with van der Waals surface area (Å²) in [5, 5.41) is 0.979. The van der Waals surface area contributed by atoms with Gasteiger partial charge < -0.3 is 9.30 Å². The third-order valence-corrected chi connectivity index (χ3v) is 7.82. The van der Waals surface area contributed by atoms with Gasteiger partial charge in [-0.25, -0.2) is 8.78 Å². The maximum Gasteiger partial charge on any atom is 0.421 e. The molecule has 1 aromatic heterocycles. The highest BCUT2D eigenvalue weighted by Crippen LogP contribution is 2.36. The first kappa shape index (κ1) is 22.7. The molecule has 0 aliphatic rings. The third-order valence-electron chi connectivity index (χ3n) is 5.10. The molecule has 3 nitrogen and oxygen atoms in total. The zero-order valence-electron chi connectivity index (χ0n) is 17.1. The van der Waals surface area contributed by atoms with E-state index in [1.807, 2.05) is 6.92 Å². The lowest BCUT2D eigenvalue weighted by molar-refractivity contribution is -0.138. The number of halogens is 5. The Morgan fingerprint density at radius 3 is 2.32 bits per heavy atom. The van der Waals surface area contributed by atoms with Crippen molar-refractivity contribution < 1.29 is 26.7 Å². The van der Waals surface area contributed by atoms with Crippen molar-refractivity contribution in [3.05, 3.63) is 76.2 Å². The molecule has 3 rings (SSSR count). The predicted octanol–water partition coefficient (Wildman–Crippen LogP) is 5.23. The summed E-state index contributed by atoms with van der Waals surface area (Å²) in [4.78, 5) is 12.0. The van der Waals surface area contributed by atoms with Gasteiger partial charge in [0.05, 0.1) is 8.80 Å². The molecule has 0 saturated carbocycles. The van der Waals surface area contributed by atoms with E-state index in [1.165, 1.54) is 13.2 Å². The van der Waals surface area contributed by atoms with Crippen molar-refractivity contribution in [3.63, 3.8) is 0 Å². The van der Waals surface area contributed by atoms with Gasteiger partial charge in [-0.2, -0.15) is 13.2 Å². The Kier molecular flexibility index (Phi) is 6.35. The van der Waals surface area contributed by atoms with E-state index in [-0.39, 0.29) is 22.6 Å². The number of ether oxygens (including phenoxy) is 1. The van der Waals surface area contributed by atoms with Gasteiger partial charge in [0.25, 0.3) is 5.56 Å². The van der Waals surface area contributed by atoms with Crippen molar-refractivity contribution in [2.24, 2.45) is 7.05 Å². The Bertz CT molecular complexity index is 1170. The number of hydrogen-bond donors (Lipinski definition) is 0. The zero-order valence-corrected chi connectivity index (χ0v) is 18.2. The van der Waals surface area contributed by atoms with Gasteiger partial charge in [0.15, 0.2) is 11.6 Å². The highest BCUT2D eigenvalue weighted by molar-refractivity contribution is 6.72. The molecule has 164 valence electrons. The fraction of sp³-hybridized carbons (Fsp3) is 0.227. The average molecular weight is 453 g/mol. The highest BCUT2D eigenvalue weighted by atomic mass is 28.3. The minimum absolute atomic E-state index is 0.0957. The summed E-state index contributed by atoms with van der Waals surface area (Å²) in [6.45, 7) is 4.13. The summed E-state index contributed by atoms with van der Waals surface area (Å²) < 4.78 is 74.0. The molecule has 0 amide bonds. The summed E-state index contributed by atoms with van der Waals surface area (Å²) in [6.07, 6.45) is -3.55. The fourth-order valence-corrected chi connectivity index (χ4v) is 4.49. The minimum Gasteiger partial charge on any atom is -0.454 e. The lowest BCUT2D eigenvalue weighted by atomic mass is 10.0. The highest BCUT2D eigenvalue weighted by Gasteiger charge is 2.35. The van der Waals surface area contributed by atoms with Gasteiger partial charge in [-0.15, -0.1) is 0 Å². The molecule has 9 heteroatoms. The molecular weight excluding hydrogens is 433 g/mol. The van der Waals surface area contributed by atoms with E-state index in [0.717, 1.165) is 34.0 Å². The van der Waals surface area contributed by atoms with E-state index in [9.17, 15) is 26.7 Å². The molecule has 0 aliphatic heterocycles. The molecule has 0 bridgehead atoms. The molecule has 2 aromatic carbocycles. The van der Waals surface area contributed by atoms with Gasteiger partial charge in [-0.1, -0.05) is 36.8 Å². The van der Waals surface area contributed by atoms with Gasteiger partial charge in [0.1, 0.15) is 17.1 Å². The summed E-state index contributed by atoms with van der Waals surface area (Å²) in [5.41, 5.74) is -2.09. The van der Waals surface area contributed by atoms with E-state index in [0.29, 0.717) is 6.07 Å². The van der Waals surface area contributed by atoms with E-state index in [2.05, 4.69) is 6.55 Å².